The molecule has 120 valence electrons. The first kappa shape index (κ1) is 16.5. The van der Waals surface area contributed by atoms with Crippen LogP contribution in [0.1, 0.15) is 32.3 Å². The number of carbonyl (C=O) groups excluding carboxylic acids is 2. The number of likely N-dealkylation sites (tertiary alicyclic amines) is 1. The van der Waals surface area contributed by atoms with Crippen LogP contribution in [0.15, 0.2) is 24.3 Å². The summed E-state index contributed by atoms with van der Waals surface area (Å²) in [5.41, 5.74) is 0.732. The Morgan fingerprint density at radius 2 is 1.77 bits per heavy atom. The van der Waals surface area contributed by atoms with Crippen LogP contribution in [0, 0.1) is 11.7 Å². The van der Waals surface area contributed by atoms with Gasteiger partial charge in [0.2, 0.25) is 11.8 Å². The molecule has 0 saturated carbocycles. The standard InChI is InChI=1S/C17H23FN2O2/c1-12(2)16(17(22)20-9-3-4-10-20)19-15(21)11-13-5-7-14(18)8-6-13/h5-8,12,16H,3-4,9-11H2,1-2H3,(H,19,21)/t16-/m1/s1. The van der Waals surface area contributed by atoms with Crippen LogP contribution in [0.4, 0.5) is 4.39 Å². The third kappa shape index (κ3) is 4.29. The summed E-state index contributed by atoms with van der Waals surface area (Å²) in [6, 6.07) is 5.34. The van der Waals surface area contributed by atoms with E-state index in [2.05, 4.69) is 5.32 Å². The molecule has 1 aliphatic rings. The normalized spacial score (nSPS) is 15.9. The van der Waals surface area contributed by atoms with Gasteiger partial charge >= 0.3 is 0 Å². The van der Waals surface area contributed by atoms with Gasteiger partial charge in [0.25, 0.3) is 0 Å². The molecule has 2 rings (SSSR count). The smallest absolute Gasteiger partial charge is 0.245 e. The minimum absolute atomic E-state index is 0.0000406. The number of nitrogens with zero attached hydrogens (tertiary/aromatic N) is 1. The van der Waals surface area contributed by atoms with Crippen LogP contribution >= 0.6 is 0 Å². The number of carbonyl (C=O) groups is 2. The van der Waals surface area contributed by atoms with Crippen molar-refractivity contribution in [2.45, 2.75) is 39.2 Å². The molecule has 0 aromatic heterocycles. The van der Waals surface area contributed by atoms with E-state index in [-0.39, 0.29) is 30.0 Å². The first-order chi connectivity index (χ1) is 10.5. The fourth-order valence-electron chi connectivity index (χ4n) is 2.66. The fraction of sp³-hybridized carbons (Fsp3) is 0.529. The summed E-state index contributed by atoms with van der Waals surface area (Å²) in [6.45, 7) is 5.40. The van der Waals surface area contributed by atoms with Gasteiger partial charge in [0.15, 0.2) is 0 Å². The zero-order chi connectivity index (χ0) is 16.1. The van der Waals surface area contributed by atoms with E-state index in [1.54, 1.807) is 12.1 Å². The Morgan fingerprint density at radius 3 is 2.32 bits per heavy atom. The summed E-state index contributed by atoms with van der Waals surface area (Å²) in [7, 11) is 0. The first-order valence-electron chi connectivity index (χ1n) is 7.80. The first-order valence-corrected chi connectivity index (χ1v) is 7.80. The number of hydrogen-bond donors (Lipinski definition) is 1. The molecular formula is C17H23FN2O2. The zero-order valence-corrected chi connectivity index (χ0v) is 13.1. The Hall–Kier alpha value is -1.91. The molecule has 1 aromatic rings. The fourth-order valence-corrected chi connectivity index (χ4v) is 2.66. The third-order valence-electron chi connectivity index (χ3n) is 3.94. The number of amides is 2. The maximum Gasteiger partial charge on any atom is 0.245 e. The van der Waals surface area contributed by atoms with Gasteiger partial charge in [-0.25, -0.2) is 4.39 Å². The number of halogens is 1. The van der Waals surface area contributed by atoms with Crippen molar-refractivity contribution in [1.29, 1.82) is 0 Å². The summed E-state index contributed by atoms with van der Waals surface area (Å²) < 4.78 is 12.9. The highest BCUT2D eigenvalue weighted by Crippen LogP contribution is 2.13. The van der Waals surface area contributed by atoms with Gasteiger partial charge in [0.05, 0.1) is 6.42 Å². The van der Waals surface area contributed by atoms with E-state index in [0.29, 0.717) is 0 Å². The minimum Gasteiger partial charge on any atom is -0.344 e. The summed E-state index contributed by atoms with van der Waals surface area (Å²) in [5, 5.41) is 2.83. The van der Waals surface area contributed by atoms with Crippen molar-refractivity contribution >= 4 is 11.8 Å². The Labute approximate surface area is 130 Å². The number of nitrogens with one attached hydrogen (secondary N) is 1. The highest BCUT2D eigenvalue weighted by Gasteiger charge is 2.29. The molecule has 1 heterocycles. The number of hydrogen-bond acceptors (Lipinski definition) is 2. The molecular weight excluding hydrogens is 283 g/mol. The predicted molar refractivity (Wildman–Crippen MR) is 82.7 cm³/mol. The molecule has 5 heteroatoms. The van der Waals surface area contributed by atoms with E-state index in [1.165, 1.54) is 12.1 Å². The van der Waals surface area contributed by atoms with Crippen LogP contribution in [0.5, 0.6) is 0 Å². The molecule has 1 fully saturated rings. The van der Waals surface area contributed by atoms with E-state index < -0.39 is 6.04 Å². The van der Waals surface area contributed by atoms with Crippen molar-refractivity contribution in [3.8, 4) is 0 Å². The van der Waals surface area contributed by atoms with Crippen LogP contribution < -0.4 is 5.32 Å². The third-order valence-corrected chi connectivity index (χ3v) is 3.94. The van der Waals surface area contributed by atoms with Crippen molar-refractivity contribution in [1.82, 2.24) is 10.2 Å². The van der Waals surface area contributed by atoms with Crippen molar-refractivity contribution in [3.63, 3.8) is 0 Å². The van der Waals surface area contributed by atoms with Gasteiger partial charge < -0.3 is 10.2 Å². The van der Waals surface area contributed by atoms with Gasteiger partial charge in [0.1, 0.15) is 11.9 Å². The maximum absolute atomic E-state index is 12.9. The van der Waals surface area contributed by atoms with E-state index in [0.717, 1.165) is 31.5 Å². The molecule has 0 unspecified atom stereocenters. The van der Waals surface area contributed by atoms with E-state index in [9.17, 15) is 14.0 Å². The van der Waals surface area contributed by atoms with Gasteiger partial charge in [-0.3, -0.25) is 9.59 Å². The topological polar surface area (TPSA) is 49.4 Å². The molecule has 1 aliphatic heterocycles. The lowest BCUT2D eigenvalue weighted by atomic mass is 10.0. The molecule has 1 aromatic carbocycles. The largest absolute Gasteiger partial charge is 0.344 e. The van der Waals surface area contributed by atoms with Crippen LogP contribution in [0.2, 0.25) is 0 Å². The molecule has 0 bridgehead atoms. The quantitative estimate of drug-likeness (QED) is 0.906. The lowest BCUT2D eigenvalue weighted by Gasteiger charge is -2.26. The predicted octanol–water partition coefficient (Wildman–Crippen LogP) is 2.13. The molecule has 0 aliphatic carbocycles. The molecule has 1 atom stereocenters. The highest BCUT2D eigenvalue weighted by atomic mass is 19.1. The Bertz CT molecular complexity index is 522. The highest BCUT2D eigenvalue weighted by molar-refractivity contribution is 5.88. The summed E-state index contributed by atoms with van der Waals surface area (Å²) in [4.78, 5) is 26.5. The summed E-state index contributed by atoms with van der Waals surface area (Å²) >= 11 is 0. The Morgan fingerprint density at radius 1 is 1.18 bits per heavy atom. The summed E-state index contributed by atoms with van der Waals surface area (Å²) in [5.74, 6) is -0.503. The van der Waals surface area contributed by atoms with Crippen LogP contribution in [0.25, 0.3) is 0 Å². The van der Waals surface area contributed by atoms with Gasteiger partial charge in [-0.2, -0.15) is 0 Å². The average Bonchev–Trinajstić information content (AvgIpc) is 3.00. The lowest BCUT2D eigenvalue weighted by molar-refractivity contribution is -0.136. The van der Waals surface area contributed by atoms with Crippen molar-refractivity contribution < 1.29 is 14.0 Å². The van der Waals surface area contributed by atoms with Crippen molar-refractivity contribution in [3.05, 3.63) is 35.6 Å². The average molecular weight is 306 g/mol. The molecule has 0 radical (unpaired) electrons. The van der Waals surface area contributed by atoms with Gasteiger partial charge in [-0.1, -0.05) is 26.0 Å². The van der Waals surface area contributed by atoms with E-state index in [4.69, 9.17) is 0 Å². The molecule has 4 nitrogen and oxygen atoms in total. The van der Waals surface area contributed by atoms with Crippen LogP contribution in [-0.4, -0.2) is 35.8 Å². The molecule has 22 heavy (non-hydrogen) atoms. The Kier molecular flexibility index (Phi) is 5.52. The van der Waals surface area contributed by atoms with Gasteiger partial charge in [-0.15, -0.1) is 0 Å². The minimum atomic E-state index is -0.494. The molecule has 2 amide bonds. The number of rotatable bonds is 5. The molecule has 1 saturated heterocycles. The van der Waals surface area contributed by atoms with Crippen LogP contribution in [0.3, 0.4) is 0 Å². The van der Waals surface area contributed by atoms with E-state index >= 15 is 0 Å². The second-order valence-corrected chi connectivity index (χ2v) is 6.12. The monoisotopic (exact) mass is 306 g/mol. The summed E-state index contributed by atoms with van der Waals surface area (Å²) in [6.07, 6.45) is 2.21. The Balaban J connectivity index is 1.96. The van der Waals surface area contributed by atoms with Crippen molar-refractivity contribution in [2.24, 2.45) is 5.92 Å². The molecule has 0 spiro atoms. The maximum atomic E-state index is 12.9. The van der Waals surface area contributed by atoms with Crippen LogP contribution in [-0.2, 0) is 16.0 Å². The zero-order valence-electron chi connectivity index (χ0n) is 13.1. The molecule has 1 N–H and O–H groups in total. The second kappa shape index (κ2) is 7.38. The second-order valence-electron chi connectivity index (χ2n) is 6.12. The number of benzene rings is 1. The van der Waals surface area contributed by atoms with Gasteiger partial charge in [-0.05, 0) is 36.5 Å². The lowest BCUT2D eigenvalue weighted by Crippen LogP contribution is -2.50. The SMILES string of the molecule is CC(C)[C@@H](NC(=O)Cc1ccc(F)cc1)C(=O)N1CCCC1. The van der Waals surface area contributed by atoms with Crippen molar-refractivity contribution in [2.75, 3.05) is 13.1 Å². The van der Waals surface area contributed by atoms with Gasteiger partial charge in [0, 0.05) is 13.1 Å². The van der Waals surface area contributed by atoms with E-state index in [1.807, 2.05) is 18.7 Å².